The summed E-state index contributed by atoms with van der Waals surface area (Å²) in [6.07, 6.45) is 1.66. The van der Waals surface area contributed by atoms with Crippen LogP contribution in [0.3, 0.4) is 0 Å². The van der Waals surface area contributed by atoms with E-state index in [-0.39, 0.29) is 17.5 Å². The summed E-state index contributed by atoms with van der Waals surface area (Å²) >= 11 is 0.800. The Morgan fingerprint density at radius 2 is 1.70 bits per heavy atom. The average Bonchev–Trinajstić information content (AvgIpc) is 3.22. The third-order valence-electron chi connectivity index (χ3n) is 5.23. The lowest BCUT2D eigenvalue weighted by Gasteiger charge is -2.19. The van der Waals surface area contributed by atoms with Gasteiger partial charge in [0.1, 0.15) is 6.04 Å². The van der Waals surface area contributed by atoms with Crippen LogP contribution in [0.5, 0.6) is 0 Å². The van der Waals surface area contributed by atoms with E-state index in [0.717, 1.165) is 39.3 Å². The molecule has 3 rings (SSSR count). The first-order chi connectivity index (χ1) is 15.7. The number of carbonyl (C=O) groups excluding carboxylic acids is 4. The van der Waals surface area contributed by atoms with Crippen molar-refractivity contribution in [3.63, 3.8) is 0 Å². The van der Waals surface area contributed by atoms with Gasteiger partial charge >= 0.3 is 11.9 Å². The molecule has 1 aromatic heterocycles. The van der Waals surface area contributed by atoms with E-state index in [0.29, 0.717) is 12.2 Å². The molecule has 1 unspecified atom stereocenters. The summed E-state index contributed by atoms with van der Waals surface area (Å²) in [5.41, 5.74) is 3.87. The van der Waals surface area contributed by atoms with Gasteiger partial charge in [0, 0.05) is 17.1 Å². The molecule has 2 heterocycles. The normalized spacial score (nSPS) is 15.8. The molecule has 0 saturated carbocycles. The van der Waals surface area contributed by atoms with Crippen LogP contribution < -0.4 is 0 Å². The Morgan fingerprint density at radius 1 is 1.06 bits per heavy atom. The van der Waals surface area contributed by atoms with Gasteiger partial charge in [0.25, 0.3) is 11.1 Å². The third kappa shape index (κ3) is 4.88. The average molecular weight is 471 g/mol. The van der Waals surface area contributed by atoms with Crippen LogP contribution >= 0.6 is 11.8 Å². The van der Waals surface area contributed by atoms with Crippen molar-refractivity contribution in [2.45, 2.75) is 40.7 Å². The summed E-state index contributed by atoms with van der Waals surface area (Å²) in [7, 11) is 0. The zero-order valence-corrected chi connectivity index (χ0v) is 20.0. The molecule has 1 aliphatic heterocycles. The Kier molecular flexibility index (Phi) is 7.43. The molecule has 8 nitrogen and oxygen atoms in total. The molecule has 9 heteroatoms. The molecule has 0 spiro atoms. The molecule has 0 radical (unpaired) electrons. The van der Waals surface area contributed by atoms with Gasteiger partial charge in [-0.1, -0.05) is 0 Å². The van der Waals surface area contributed by atoms with Crippen LogP contribution in [-0.2, 0) is 19.1 Å². The fourth-order valence-corrected chi connectivity index (χ4v) is 4.51. The molecule has 2 amide bonds. The highest BCUT2D eigenvalue weighted by molar-refractivity contribution is 8.18. The molecule has 1 atom stereocenters. The summed E-state index contributed by atoms with van der Waals surface area (Å²) in [5.74, 6) is -1.52. The highest BCUT2D eigenvalue weighted by Gasteiger charge is 2.41. The van der Waals surface area contributed by atoms with Crippen molar-refractivity contribution in [1.29, 1.82) is 0 Å². The molecule has 1 saturated heterocycles. The predicted molar refractivity (Wildman–Crippen MR) is 125 cm³/mol. The van der Waals surface area contributed by atoms with Gasteiger partial charge in [0.2, 0.25) is 0 Å². The minimum atomic E-state index is -0.992. The Balaban J connectivity index is 1.88. The van der Waals surface area contributed by atoms with Crippen molar-refractivity contribution < 1.29 is 28.7 Å². The van der Waals surface area contributed by atoms with Crippen LogP contribution in [0.15, 0.2) is 35.2 Å². The van der Waals surface area contributed by atoms with Crippen LogP contribution in [0.4, 0.5) is 4.79 Å². The lowest BCUT2D eigenvalue weighted by Crippen LogP contribution is -2.42. The van der Waals surface area contributed by atoms with E-state index in [1.54, 1.807) is 32.1 Å². The second kappa shape index (κ2) is 10.1. The van der Waals surface area contributed by atoms with Gasteiger partial charge in [0.05, 0.1) is 23.7 Å². The second-order valence-electron chi connectivity index (χ2n) is 7.41. The number of benzene rings is 1. The van der Waals surface area contributed by atoms with E-state index in [1.807, 2.05) is 36.6 Å². The van der Waals surface area contributed by atoms with E-state index in [1.165, 1.54) is 6.92 Å². The molecule has 1 aliphatic rings. The van der Waals surface area contributed by atoms with Crippen LogP contribution in [0.2, 0.25) is 0 Å². The van der Waals surface area contributed by atoms with E-state index in [2.05, 4.69) is 0 Å². The van der Waals surface area contributed by atoms with Crippen LogP contribution in [0.1, 0.15) is 48.1 Å². The molecular weight excluding hydrogens is 444 g/mol. The van der Waals surface area contributed by atoms with Crippen molar-refractivity contribution >= 4 is 40.9 Å². The number of aryl methyl sites for hydroxylation is 1. The number of amides is 2. The van der Waals surface area contributed by atoms with Crippen LogP contribution in [-0.4, -0.2) is 51.8 Å². The lowest BCUT2D eigenvalue weighted by molar-refractivity contribution is -0.150. The molecule has 0 N–H and O–H groups in total. The number of hydrogen-bond donors (Lipinski definition) is 0. The van der Waals surface area contributed by atoms with Gasteiger partial charge in [-0.05, 0) is 88.4 Å². The Labute approximate surface area is 196 Å². The number of nitrogens with zero attached hydrogens (tertiary/aromatic N) is 2. The maximum Gasteiger partial charge on any atom is 0.338 e. The van der Waals surface area contributed by atoms with Gasteiger partial charge in [0.15, 0.2) is 0 Å². The fraction of sp³-hybridized carbons (Fsp3) is 0.333. The molecular formula is C24H26N2O6S. The van der Waals surface area contributed by atoms with Crippen molar-refractivity contribution in [3.8, 4) is 5.69 Å². The molecule has 1 aromatic carbocycles. The van der Waals surface area contributed by atoms with E-state index in [9.17, 15) is 19.2 Å². The van der Waals surface area contributed by atoms with E-state index in [4.69, 9.17) is 9.47 Å². The lowest BCUT2D eigenvalue weighted by atomic mass is 10.2. The summed E-state index contributed by atoms with van der Waals surface area (Å²) in [5, 5.41) is -0.504. The standard InChI is InChI=1S/C24H26N2O6S/c1-6-31-22(28)16(5)26-21(27)20(33-24(26)30)13-18-12-14(3)25(15(18)4)19-10-8-17(9-11-19)23(29)32-7-2/h8-13,16H,6-7H2,1-5H3/b20-13-. The summed E-state index contributed by atoms with van der Waals surface area (Å²) in [6, 6.07) is 7.98. The van der Waals surface area contributed by atoms with Crippen molar-refractivity contribution in [2.75, 3.05) is 13.2 Å². The number of esters is 2. The molecule has 0 bridgehead atoms. The van der Waals surface area contributed by atoms with Crippen molar-refractivity contribution in [1.82, 2.24) is 9.47 Å². The van der Waals surface area contributed by atoms with Gasteiger partial charge in [-0.2, -0.15) is 0 Å². The fourth-order valence-electron chi connectivity index (χ4n) is 3.62. The van der Waals surface area contributed by atoms with Gasteiger partial charge in [-0.25, -0.2) is 9.59 Å². The SMILES string of the molecule is CCOC(=O)c1ccc(-n2c(C)cc(/C=C3\SC(=O)N(C(C)C(=O)OCC)C3=O)c2C)cc1. The smallest absolute Gasteiger partial charge is 0.338 e. The number of hydrogen-bond acceptors (Lipinski definition) is 7. The molecule has 2 aromatic rings. The topological polar surface area (TPSA) is 94.9 Å². The predicted octanol–water partition coefficient (Wildman–Crippen LogP) is 4.26. The summed E-state index contributed by atoms with van der Waals surface area (Å²) < 4.78 is 12.0. The Bertz CT molecular complexity index is 1130. The zero-order chi connectivity index (χ0) is 24.3. The minimum Gasteiger partial charge on any atom is -0.464 e. The largest absolute Gasteiger partial charge is 0.464 e. The van der Waals surface area contributed by atoms with Crippen LogP contribution in [0.25, 0.3) is 11.8 Å². The highest BCUT2D eigenvalue weighted by atomic mass is 32.2. The van der Waals surface area contributed by atoms with Gasteiger partial charge in [-0.3, -0.25) is 14.5 Å². The number of carbonyl (C=O) groups is 4. The monoisotopic (exact) mass is 470 g/mol. The minimum absolute atomic E-state index is 0.169. The molecule has 33 heavy (non-hydrogen) atoms. The first-order valence-electron chi connectivity index (χ1n) is 10.6. The first kappa shape index (κ1) is 24.3. The highest BCUT2D eigenvalue weighted by Crippen LogP contribution is 2.35. The number of rotatable bonds is 7. The maximum atomic E-state index is 12.9. The van der Waals surface area contributed by atoms with Crippen molar-refractivity contribution in [2.24, 2.45) is 0 Å². The quantitative estimate of drug-likeness (QED) is 0.441. The second-order valence-corrected chi connectivity index (χ2v) is 8.40. The number of thioether (sulfide) groups is 1. The molecule has 1 fully saturated rings. The zero-order valence-electron chi connectivity index (χ0n) is 19.2. The van der Waals surface area contributed by atoms with Crippen LogP contribution in [0, 0.1) is 13.8 Å². The van der Waals surface area contributed by atoms with E-state index >= 15 is 0 Å². The third-order valence-corrected chi connectivity index (χ3v) is 6.12. The number of imide groups is 1. The Morgan fingerprint density at radius 3 is 2.30 bits per heavy atom. The Hall–Kier alpha value is -3.33. The number of ether oxygens (including phenoxy) is 2. The molecule has 174 valence electrons. The van der Waals surface area contributed by atoms with Crippen molar-refractivity contribution in [3.05, 3.63) is 57.8 Å². The maximum absolute atomic E-state index is 12.9. The first-order valence-corrected chi connectivity index (χ1v) is 11.4. The molecule has 0 aliphatic carbocycles. The van der Waals surface area contributed by atoms with Gasteiger partial charge in [-0.15, -0.1) is 0 Å². The van der Waals surface area contributed by atoms with E-state index < -0.39 is 23.2 Å². The summed E-state index contributed by atoms with van der Waals surface area (Å²) in [6.45, 7) is 9.21. The van der Waals surface area contributed by atoms with Gasteiger partial charge < -0.3 is 14.0 Å². The number of aromatic nitrogens is 1. The summed E-state index contributed by atoms with van der Waals surface area (Å²) in [4.78, 5) is 50.4.